The second-order valence-electron chi connectivity index (χ2n) is 7.48. The highest BCUT2D eigenvalue weighted by Gasteiger charge is 2.20. The first-order chi connectivity index (χ1) is 14.7. The smallest absolute Gasteiger partial charge is 0.165 e. The summed E-state index contributed by atoms with van der Waals surface area (Å²) >= 11 is 1.68. The number of hydrogen-bond acceptors (Lipinski definition) is 6. The summed E-state index contributed by atoms with van der Waals surface area (Å²) in [5, 5.41) is 13.4. The van der Waals surface area contributed by atoms with Gasteiger partial charge in [-0.15, -0.1) is 11.3 Å². The lowest BCUT2D eigenvalue weighted by molar-refractivity contribution is 0.0436. The molecular formula is C23H26FN3O2S. The number of rotatable bonds is 8. The van der Waals surface area contributed by atoms with Crippen LogP contribution in [0.1, 0.15) is 5.69 Å². The molecule has 0 bridgehead atoms. The van der Waals surface area contributed by atoms with Crippen molar-refractivity contribution in [1.29, 1.82) is 0 Å². The SMILES string of the molecule is OC(COc1ccccc1F)CN1CCN(Cc2csc(-c3ccccc3)n2)CC1. The van der Waals surface area contributed by atoms with E-state index in [2.05, 4.69) is 27.3 Å². The van der Waals surface area contributed by atoms with Gasteiger partial charge in [0.25, 0.3) is 0 Å². The third-order valence-electron chi connectivity index (χ3n) is 5.16. The number of ether oxygens (including phenoxy) is 1. The van der Waals surface area contributed by atoms with Gasteiger partial charge in [-0.2, -0.15) is 0 Å². The number of para-hydroxylation sites is 1. The van der Waals surface area contributed by atoms with Crippen LogP contribution in [0, 0.1) is 5.82 Å². The van der Waals surface area contributed by atoms with Gasteiger partial charge in [-0.05, 0) is 12.1 Å². The lowest BCUT2D eigenvalue weighted by atomic mass is 10.2. The van der Waals surface area contributed by atoms with Crippen molar-refractivity contribution < 1.29 is 14.2 Å². The van der Waals surface area contributed by atoms with E-state index in [-0.39, 0.29) is 12.4 Å². The Morgan fingerprint density at radius 1 is 1.00 bits per heavy atom. The Morgan fingerprint density at radius 2 is 1.70 bits per heavy atom. The molecule has 2 aromatic carbocycles. The first kappa shape index (κ1) is 20.9. The van der Waals surface area contributed by atoms with Crippen LogP contribution in [0.4, 0.5) is 4.39 Å². The number of β-amino-alcohol motifs (C(OH)–C–C–N with tert-alkyl or cyclic N) is 1. The first-order valence-corrected chi connectivity index (χ1v) is 11.1. The highest BCUT2D eigenvalue weighted by Crippen LogP contribution is 2.24. The summed E-state index contributed by atoms with van der Waals surface area (Å²) in [6.45, 7) is 5.08. The molecule has 1 aliphatic heterocycles. The van der Waals surface area contributed by atoms with E-state index in [0.29, 0.717) is 6.54 Å². The number of aliphatic hydroxyl groups excluding tert-OH is 1. The molecule has 2 heterocycles. The summed E-state index contributed by atoms with van der Waals surface area (Å²) in [6.07, 6.45) is -0.650. The van der Waals surface area contributed by atoms with Crippen LogP contribution in [-0.4, -0.2) is 65.3 Å². The number of hydrogen-bond donors (Lipinski definition) is 1. The minimum atomic E-state index is -0.650. The first-order valence-electron chi connectivity index (χ1n) is 10.2. The van der Waals surface area contributed by atoms with Crippen molar-refractivity contribution >= 4 is 11.3 Å². The Bertz CT molecular complexity index is 929. The van der Waals surface area contributed by atoms with Crippen molar-refractivity contribution in [3.63, 3.8) is 0 Å². The van der Waals surface area contributed by atoms with Gasteiger partial charge in [0.05, 0.1) is 5.69 Å². The van der Waals surface area contributed by atoms with E-state index in [1.807, 2.05) is 18.2 Å². The predicted octanol–water partition coefficient (Wildman–Crippen LogP) is 3.51. The third kappa shape index (κ3) is 5.64. The molecule has 0 amide bonds. The summed E-state index contributed by atoms with van der Waals surface area (Å²) in [4.78, 5) is 9.39. The molecule has 158 valence electrons. The van der Waals surface area contributed by atoms with Gasteiger partial charge in [-0.3, -0.25) is 9.80 Å². The number of halogens is 1. The molecule has 0 spiro atoms. The van der Waals surface area contributed by atoms with Gasteiger partial charge in [0.1, 0.15) is 17.7 Å². The molecule has 1 aliphatic rings. The van der Waals surface area contributed by atoms with Crippen LogP contribution in [0.15, 0.2) is 60.0 Å². The van der Waals surface area contributed by atoms with Crippen LogP contribution in [0.25, 0.3) is 10.6 Å². The van der Waals surface area contributed by atoms with Gasteiger partial charge < -0.3 is 9.84 Å². The lowest BCUT2D eigenvalue weighted by Gasteiger charge is -2.35. The fourth-order valence-corrected chi connectivity index (χ4v) is 4.37. The standard InChI is InChI=1S/C23H26FN3O2S/c24-21-8-4-5-9-22(21)29-16-20(28)15-27-12-10-26(11-13-27)14-19-17-30-23(25-19)18-6-2-1-3-7-18/h1-9,17,20,28H,10-16H2. The second-order valence-corrected chi connectivity index (χ2v) is 8.34. The maximum atomic E-state index is 13.6. The van der Waals surface area contributed by atoms with E-state index in [4.69, 9.17) is 9.72 Å². The van der Waals surface area contributed by atoms with Crippen LogP contribution in [0.5, 0.6) is 5.75 Å². The summed E-state index contributed by atoms with van der Waals surface area (Å²) in [5.41, 5.74) is 2.26. The molecule has 30 heavy (non-hydrogen) atoms. The highest BCUT2D eigenvalue weighted by molar-refractivity contribution is 7.13. The van der Waals surface area contributed by atoms with Crippen LogP contribution in [-0.2, 0) is 6.54 Å². The van der Waals surface area contributed by atoms with Gasteiger partial charge in [0.2, 0.25) is 0 Å². The number of thiazole rings is 1. The number of aromatic nitrogens is 1. The maximum Gasteiger partial charge on any atom is 0.165 e. The molecule has 1 atom stereocenters. The van der Waals surface area contributed by atoms with Crippen LogP contribution >= 0.6 is 11.3 Å². The summed E-state index contributed by atoms with van der Waals surface area (Å²) in [5.74, 6) is -0.227. The number of nitrogens with zero attached hydrogens (tertiary/aromatic N) is 3. The van der Waals surface area contributed by atoms with Gasteiger partial charge in [-0.1, -0.05) is 42.5 Å². The largest absolute Gasteiger partial charge is 0.488 e. The Morgan fingerprint density at radius 3 is 2.47 bits per heavy atom. The van der Waals surface area contributed by atoms with Crippen molar-refractivity contribution in [2.45, 2.75) is 12.6 Å². The summed E-state index contributed by atoms with van der Waals surface area (Å²) in [7, 11) is 0. The van der Waals surface area contributed by atoms with E-state index < -0.39 is 11.9 Å². The van der Waals surface area contributed by atoms with Gasteiger partial charge in [0, 0.05) is 50.2 Å². The van der Waals surface area contributed by atoms with Crippen molar-refractivity contribution in [3.05, 3.63) is 71.5 Å². The zero-order valence-electron chi connectivity index (χ0n) is 16.8. The van der Waals surface area contributed by atoms with E-state index in [1.165, 1.54) is 6.07 Å². The molecule has 0 radical (unpaired) electrons. The fourth-order valence-electron chi connectivity index (χ4n) is 3.55. The van der Waals surface area contributed by atoms with Crippen LogP contribution in [0.3, 0.4) is 0 Å². The minimum absolute atomic E-state index is 0.0855. The fraction of sp³-hybridized carbons (Fsp3) is 0.348. The van der Waals surface area contributed by atoms with E-state index >= 15 is 0 Å². The summed E-state index contributed by atoms with van der Waals surface area (Å²) in [6, 6.07) is 16.5. The molecule has 0 aliphatic carbocycles. The number of piperazine rings is 1. The van der Waals surface area contributed by atoms with E-state index in [1.54, 1.807) is 29.5 Å². The topological polar surface area (TPSA) is 48.8 Å². The Labute approximate surface area is 180 Å². The Balaban J connectivity index is 1.20. The van der Waals surface area contributed by atoms with Crippen molar-refractivity contribution in [3.8, 4) is 16.3 Å². The van der Waals surface area contributed by atoms with Crippen LogP contribution < -0.4 is 4.74 Å². The molecule has 1 saturated heterocycles. The lowest BCUT2D eigenvalue weighted by Crippen LogP contribution is -2.48. The van der Waals surface area contributed by atoms with Gasteiger partial charge >= 0.3 is 0 Å². The molecule has 0 saturated carbocycles. The highest BCUT2D eigenvalue weighted by atomic mass is 32.1. The monoisotopic (exact) mass is 427 g/mol. The van der Waals surface area contributed by atoms with Crippen molar-refractivity contribution in [2.75, 3.05) is 39.3 Å². The molecule has 4 rings (SSSR count). The molecule has 1 aromatic heterocycles. The second kappa shape index (κ2) is 10.1. The van der Waals surface area contributed by atoms with E-state index in [0.717, 1.165) is 49.0 Å². The average Bonchev–Trinajstić information content (AvgIpc) is 3.24. The molecular weight excluding hydrogens is 401 g/mol. The Hall–Kier alpha value is -2.32. The van der Waals surface area contributed by atoms with Gasteiger partial charge in [0.15, 0.2) is 11.6 Å². The molecule has 3 aromatic rings. The summed E-state index contributed by atoms with van der Waals surface area (Å²) < 4.78 is 19.0. The third-order valence-corrected chi connectivity index (χ3v) is 6.10. The number of benzene rings is 2. The minimum Gasteiger partial charge on any atom is -0.488 e. The molecule has 5 nitrogen and oxygen atoms in total. The Kier molecular flexibility index (Phi) is 7.07. The predicted molar refractivity (Wildman–Crippen MR) is 117 cm³/mol. The average molecular weight is 428 g/mol. The molecule has 7 heteroatoms. The normalized spacial score (nSPS) is 16.5. The zero-order chi connectivity index (χ0) is 20.8. The molecule has 1 fully saturated rings. The molecule has 1 N–H and O–H groups in total. The zero-order valence-corrected chi connectivity index (χ0v) is 17.6. The van der Waals surface area contributed by atoms with Crippen molar-refractivity contribution in [1.82, 2.24) is 14.8 Å². The van der Waals surface area contributed by atoms with Crippen LogP contribution in [0.2, 0.25) is 0 Å². The van der Waals surface area contributed by atoms with E-state index in [9.17, 15) is 9.50 Å². The number of aliphatic hydroxyl groups is 1. The maximum absolute atomic E-state index is 13.6. The van der Waals surface area contributed by atoms with Gasteiger partial charge in [-0.25, -0.2) is 9.37 Å². The molecule has 1 unspecified atom stereocenters. The van der Waals surface area contributed by atoms with Crippen molar-refractivity contribution in [2.24, 2.45) is 0 Å². The quantitative estimate of drug-likeness (QED) is 0.596.